The molecule has 3 N–H and O–H groups in total. The van der Waals surface area contributed by atoms with E-state index in [9.17, 15) is 5.11 Å². The Kier molecular flexibility index (Phi) is 2.52. The summed E-state index contributed by atoms with van der Waals surface area (Å²) in [6.07, 6.45) is 1.78. The molecule has 0 saturated heterocycles. The number of hydrogen-bond acceptors (Lipinski definition) is 3. The third-order valence-electron chi connectivity index (χ3n) is 2.86. The number of hydrogen-bond donors (Lipinski definition) is 2. The Morgan fingerprint density at radius 3 is 2.73 bits per heavy atom. The van der Waals surface area contributed by atoms with E-state index in [0.717, 1.165) is 12.8 Å². The van der Waals surface area contributed by atoms with Gasteiger partial charge in [0.15, 0.2) is 0 Å². The minimum absolute atomic E-state index is 0.000972. The summed E-state index contributed by atoms with van der Waals surface area (Å²) < 4.78 is 5.12. The molecule has 3 atom stereocenters. The van der Waals surface area contributed by atoms with Crippen LogP contribution < -0.4 is 5.73 Å². The second-order valence-electron chi connectivity index (χ2n) is 3.39. The second-order valence-corrected chi connectivity index (χ2v) is 3.39. The summed E-state index contributed by atoms with van der Waals surface area (Å²) >= 11 is 0. The molecule has 1 fully saturated rings. The highest BCUT2D eigenvalue weighted by molar-refractivity contribution is 5.01. The predicted molar refractivity (Wildman–Crippen MR) is 43.2 cm³/mol. The van der Waals surface area contributed by atoms with Gasteiger partial charge in [-0.15, -0.1) is 0 Å². The van der Waals surface area contributed by atoms with Crippen molar-refractivity contribution < 1.29 is 9.84 Å². The summed E-state index contributed by atoms with van der Waals surface area (Å²) in [7, 11) is 1.64. The van der Waals surface area contributed by atoms with Crippen LogP contribution in [0, 0.1) is 5.92 Å². The molecule has 1 rings (SSSR count). The zero-order valence-corrected chi connectivity index (χ0v) is 7.21. The Morgan fingerprint density at radius 1 is 1.82 bits per heavy atom. The summed E-state index contributed by atoms with van der Waals surface area (Å²) in [5.74, 6) is 0.140. The van der Waals surface area contributed by atoms with Gasteiger partial charge in [-0.25, -0.2) is 0 Å². The zero-order valence-electron chi connectivity index (χ0n) is 7.21. The van der Waals surface area contributed by atoms with Crippen molar-refractivity contribution >= 4 is 0 Å². The number of rotatable bonds is 3. The zero-order chi connectivity index (χ0) is 8.48. The highest BCUT2D eigenvalue weighted by atomic mass is 16.5. The highest BCUT2D eigenvalue weighted by Crippen LogP contribution is 2.39. The molecule has 0 radical (unpaired) electrons. The van der Waals surface area contributed by atoms with Crippen LogP contribution in [0.15, 0.2) is 0 Å². The minimum Gasteiger partial charge on any atom is -0.387 e. The first-order chi connectivity index (χ1) is 5.15. The van der Waals surface area contributed by atoms with Crippen LogP contribution in [0.2, 0.25) is 0 Å². The van der Waals surface area contributed by atoms with E-state index >= 15 is 0 Å². The predicted octanol–water partition coefficient (Wildman–Crippen LogP) is 0.121. The van der Waals surface area contributed by atoms with Gasteiger partial charge in [0.2, 0.25) is 0 Å². The van der Waals surface area contributed by atoms with Gasteiger partial charge in [0.1, 0.15) is 0 Å². The Bertz CT molecular complexity index is 129. The van der Waals surface area contributed by atoms with Crippen LogP contribution >= 0.6 is 0 Å². The molecule has 1 aliphatic carbocycles. The molecule has 0 spiro atoms. The van der Waals surface area contributed by atoms with Crippen molar-refractivity contribution in [2.24, 2.45) is 11.7 Å². The molecule has 0 amide bonds. The van der Waals surface area contributed by atoms with E-state index < -0.39 is 5.60 Å². The maximum absolute atomic E-state index is 9.93. The number of methoxy groups -OCH3 is 1. The van der Waals surface area contributed by atoms with E-state index in [2.05, 4.69) is 0 Å². The van der Waals surface area contributed by atoms with Crippen molar-refractivity contribution in [3.63, 3.8) is 0 Å². The summed E-state index contributed by atoms with van der Waals surface area (Å²) in [6, 6.07) is 0. The summed E-state index contributed by atoms with van der Waals surface area (Å²) in [5.41, 5.74) is 4.82. The van der Waals surface area contributed by atoms with Crippen LogP contribution in [-0.2, 0) is 4.74 Å². The number of ether oxygens (including phenoxy) is 1. The number of nitrogens with two attached hydrogens (primary N) is 1. The molecule has 0 aliphatic heterocycles. The van der Waals surface area contributed by atoms with Crippen LogP contribution in [0.5, 0.6) is 0 Å². The lowest BCUT2D eigenvalue weighted by atomic mass is 9.69. The van der Waals surface area contributed by atoms with Gasteiger partial charge in [0.05, 0.1) is 11.7 Å². The van der Waals surface area contributed by atoms with E-state index in [1.54, 1.807) is 7.11 Å². The van der Waals surface area contributed by atoms with Crippen LogP contribution in [0.3, 0.4) is 0 Å². The normalized spacial score (nSPS) is 39.8. The lowest BCUT2D eigenvalue weighted by Gasteiger charge is -2.48. The monoisotopic (exact) mass is 159 g/mol. The molecule has 66 valence electrons. The van der Waals surface area contributed by atoms with Gasteiger partial charge in [-0.1, -0.05) is 6.92 Å². The molecule has 0 bridgehead atoms. The van der Waals surface area contributed by atoms with E-state index in [-0.39, 0.29) is 12.0 Å². The third kappa shape index (κ3) is 1.28. The fourth-order valence-electron chi connectivity index (χ4n) is 1.65. The van der Waals surface area contributed by atoms with Crippen LogP contribution in [0.25, 0.3) is 0 Å². The van der Waals surface area contributed by atoms with Gasteiger partial charge in [-0.2, -0.15) is 0 Å². The van der Waals surface area contributed by atoms with E-state index in [1.807, 2.05) is 6.92 Å². The largest absolute Gasteiger partial charge is 0.387 e. The standard InChI is InChI=1S/C8H17NO2/c1-6(5-9)8(10)4-3-7(8)11-2/h6-7,10H,3-5,9H2,1-2H3. The first-order valence-corrected chi connectivity index (χ1v) is 4.10. The smallest absolute Gasteiger partial charge is 0.0946 e. The third-order valence-corrected chi connectivity index (χ3v) is 2.86. The molecule has 0 aromatic rings. The van der Waals surface area contributed by atoms with Crippen LogP contribution in [0.4, 0.5) is 0 Å². The quantitative estimate of drug-likeness (QED) is 0.615. The number of aliphatic hydroxyl groups is 1. The molecule has 3 heteroatoms. The molecule has 3 unspecified atom stereocenters. The molecular weight excluding hydrogens is 142 g/mol. The van der Waals surface area contributed by atoms with Crippen molar-refractivity contribution in [2.45, 2.75) is 31.5 Å². The highest BCUT2D eigenvalue weighted by Gasteiger charge is 2.48. The average Bonchev–Trinajstić information content (AvgIpc) is 2.00. The Labute approximate surface area is 67.5 Å². The van der Waals surface area contributed by atoms with Crippen molar-refractivity contribution in [3.8, 4) is 0 Å². The lowest BCUT2D eigenvalue weighted by molar-refractivity contribution is -0.185. The Balaban J connectivity index is 2.52. The van der Waals surface area contributed by atoms with Gasteiger partial charge >= 0.3 is 0 Å². The second kappa shape index (κ2) is 3.09. The van der Waals surface area contributed by atoms with Gasteiger partial charge in [-0.3, -0.25) is 0 Å². The van der Waals surface area contributed by atoms with Gasteiger partial charge < -0.3 is 15.6 Å². The Morgan fingerprint density at radius 2 is 2.45 bits per heavy atom. The summed E-state index contributed by atoms with van der Waals surface area (Å²) in [6.45, 7) is 2.49. The molecule has 1 saturated carbocycles. The average molecular weight is 159 g/mol. The summed E-state index contributed by atoms with van der Waals surface area (Å²) in [5, 5.41) is 9.93. The molecule has 3 nitrogen and oxygen atoms in total. The van der Waals surface area contributed by atoms with E-state index in [0.29, 0.717) is 6.54 Å². The fourth-order valence-corrected chi connectivity index (χ4v) is 1.65. The van der Waals surface area contributed by atoms with Crippen molar-refractivity contribution in [2.75, 3.05) is 13.7 Å². The summed E-state index contributed by atoms with van der Waals surface area (Å²) in [4.78, 5) is 0. The lowest BCUT2D eigenvalue weighted by Crippen LogP contribution is -2.58. The molecule has 0 aromatic carbocycles. The first-order valence-electron chi connectivity index (χ1n) is 4.10. The van der Waals surface area contributed by atoms with Gasteiger partial charge in [0, 0.05) is 7.11 Å². The first kappa shape index (κ1) is 8.97. The van der Waals surface area contributed by atoms with Crippen molar-refractivity contribution in [1.29, 1.82) is 0 Å². The van der Waals surface area contributed by atoms with Gasteiger partial charge in [-0.05, 0) is 25.3 Å². The minimum atomic E-state index is -0.649. The molecule has 0 aromatic heterocycles. The van der Waals surface area contributed by atoms with Crippen LogP contribution in [0.1, 0.15) is 19.8 Å². The van der Waals surface area contributed by atoms with Crippen molar-refractivity contribution in [3.05, 3.63) is 0 Å². The fraction of sp³-hybridized carbons (Fsp3) is 1.00. The molecular formula is C8H17NO2. The SMILES string of the molecule is COC1CCC1(O)C(C)CN. The molecule has 11 heavy (non-hydrogen) atoms. The topological polar surface area (TPSA) is 55.5 Å². The molecule has 1 aliphatic rings. The maximum Gasteiger partial charge on any atom is 0.0946 e. The van der Waals surface area contributed by atoms with Gasteiger partial charge in [0.25, 0.3) is 0 Å². The maximum atomic E-state index is 9.93. The van der Waals surface area contributed by atoms with Crippen molar-refractivity contribution in [1.82, 2.24) is 0 Å². The van der Waals surface area contributed by atoms with E-state index in [4.69, 9.17) is 10.5 Å². The molecule has 0 heterocycles. The van der Waals surface area contributed by atoms with E-state index in [1.165, 1.54) is 0 Å². The Hall–Kier alpha value is -0.120. The van der Waals surface area contributed by atoms with Crippen LogP contribution in [-0.4, -0.2) is 30.5 Å².